The van der Waals surface area contributed by atoms with Gasteiger partial charge in [-0.3, -0.25) is 9.67 Å². The van der Waals surface area contributed by atoms with E-state index in [1.165, 1.54) is 11.8 Å². The van der Waals surface area contributed by atoms with E-state index < -0.39 is 11.6 Å². The normalized spacial score (nSPS) is 11.1. The number of hydrogen-bond acceptors (Lipinski definition) is 8. The number of benzene rings is 2. The van der Waals surface area contributed by atoms with Gasteiger partial charge in [0.1, 0.15) is 29.7 Å². The number of nitrogens with one attached hydrogen (secondary N) is 1. The molecule has 3 aromatic heterocycles. The molecule has 0 unspecified atom stereocenters. The molecule has 0 radical (unpaired) electrons. The number of anilines is 2. The molecule has 0 aliphatic heterocycles. The van der Waals surface area contributed by atoms with Crippen molar-refractivity contribution in [2.24, 2.45) is 0 Å². The van der Waals surface area contributed by atoms with E-state index in [1.807, 2.05) is 44.2 Å². The topological polar surface area (TPSA) is 107 Å². The van der Waals surface area contributed by atoms with Gasteiger partial charge < -0.3 is 19.9 Å². The van der Waals surface area contributed by atoms with Crippen LogP contribution in [0, 0.1) is 25.5 Å². The third-order valence-electron chi connectivity index (χ3n) is 6.12. The second-order valence-corrected chi connectivity index (χ2v) is 8.84. The van der Waals surface area contributed by atoms with Crippen molar-refractivity contribution in [3.05, 3.63) is 83.3 Å². The molecule has 9 nitrogen and oxygen atoms in total. The number of rotatable bonds is 9. The van der Waals surface area contributed by atoms with Gasteiger partial charge in [-0.25, -0.2) is 18.7 Å². The Morgan fingerprint density at radius 3 is 2.54 bits per heavy atom. The molecular formula is C28H26F2N6O3. The quantitative estimate of drug-likeness (QED) is 0.275. The van der Waals surface area contributed by atoms with Gasteiger partial charge in [0, 0.05) is 40.7 Å². The standard InChI is InChI=1S/C28H26F2N6O3/c1-16-13-31-17(2)10-23(16)33-27-25(38-3)14-32-28(34-27)26-19-6-4-5-7-24(19)36(35-26)15-20-21(29)11-18(12-22(20)30)39-9-8-37/h4-7,10-14,37H,8-9,15H2,1-3H3,(H,31,32,33,34). The van der Waals surface area contributed by atoms with Crippen LogP contribution in [0.1, 0.15) is 16.8 Å². The Hall–Kier alpha value is -4.64. The van der Waals surface area contributed by atoms with Crippen LogP contribution in [0.5, 0.6) is 11.5 Å². The summed E-state index contributed by atoms with van der Waals surface area (Å²) in [5.41, 5.74) is 3.51. The molecule has 11 heteroatoms. The first kappa shape index (κ1) is 26.0. The lowest BCUT2D eigenvalue weighted by molar-refractivity contribution is 0.200. The third-order valence-corrected chi connectivity index (χ3v) is 6.12. The number of aryl methyl sites for hydroxylation is 2. The lowest BCUT2D eigenvalue weighted by Gasteiger charge is -2.13. The molecule has 0 aliphatic carbocycles. The van der Waals surface area contributed by atoms with E-state index in [0.29, 0.717) is 34.0 Å². The molecule has 2 aromatic carbocycles. The summed E-state index contributed by atoms with van der Waals surface area (Å²) in [5.74, 6) is -0.376. The van der Waals surface area contributed by atoms with E-state index in [4.69, 9.17) is 19.6 Å². The van der Waals surface area contributed by atoms with Crippen LogP contribution in [0.25, 0.3) is 22.4 Å². The molecular weight excluding hydrogens is 506 g/mol. The predicted molar refractivity (Wildman–Crippen MR) is 142 cm³/mol. The van der Waals surface area contributed by atoms with E-state index in [2.05, 4.69) is 20.4 Å². The Kier molecular flexibility index (Phi) is 7.33. The highest BCUT2D eigenvalue weighted by Gasteiger charge is 2.20. The van der Waals surface area contributed by atoms with Gasteiger partial charge in [0.2, 0.25) is 0 Å². The van der Waals surface area contributed by atoms with E-state index in [0.717, 1.165) is 29.1 Å². The van der Waals surface area contributed by atoms with Gasteiger partial charge in [0.15, 0.2) is 17.4 Å². The van der Waals surface area contributed by atoms with Crippen LogP contribution in [-0.2, 0) is 6.54 Å². The SMILES string of the molecule is COc1cnc(-c2nn(Cc3c(F)cc(OCCO)cc3F)c3ccccc23)nc1Nc1cc(C)ncc1C. The minimum Gasteiger partial charge on any atom is -0.491 e. The lowest BCUT2D eigenvalue weighted by Crippen LogP contribution is -2.08. The number of aromatic nitrogens is 5. The first-order chi connectivity index (χ1) is 18.9. The largest absolute Gasteiger partial charge is 0.491 e. The molecule has 0 bridgehead atoms. The van der Waals surface area contributed by atoms with Gasteiger partial charge in [-0.15, -0.1) is 0 Å². The highest BCUT2D eigenvalue weighted by molar-refractivity contribution is 5.92. The smallest absolute Gasteiger partial charge is 0.183 e. The summed E-state index contributed by atoms with van der Waals surface area (Å²) in [4.78, 5) is 13.5. The molecule has 39 heavy (non-hydrogen) atoms. The van der Waals surface area contributed by atoms with Crippen LogP contribution in [0.2, 0.25) is 0 Å². The molecule has 2 N–H and O–H groups in total. The van der Waals surface area contributed by atoms with E-state index in [1.54, 1.807) is 12.4 Å². The third kappa shape index (κ3) is 5.34. The average molecular weight is 533 g/mol. The number of hydrogen-bond donors (Lipinski definition) is 2. The summed E-state index contributed by atoms with van der Waals surface area (Å²) in [6.45, 7) is 3.33. The molecule has 0 saturated carbocycles. The van der Waals surface area contributed by atoms with Crippen LogP contribution >= 0.6 is 0 Å². The van der Waals surface area contributed by atoms with E-state index in [9.17, 15) is 8.78 Å². The minimum atomic E-state index is -0.778. The Balaban J connectivity index is 1.55. The van der Waals surface area contributed by atoms with Crippen LogP contribution in [0.4, 0.5) is 20.3 Å². The molecule has 0 saturated heterocycles. The fourth-order valence-corrected chi connectivity index (χ4v) is 4.15. The van der Waals surface area contributed by atoms with Crippen molar-refractivity contribution in [1.29, 1.82) is 0 Å². The zero-order chi connectivity index (χ0) is 27.5. The Morgan fingerprint density at radius 2 is 1.79 bits per heavy atom. The maximum absolute atomic E-state index is 14.9. The summed E-state index contributed by atoms with van der Waals surface area (Å²) in [5, 5.41) is 17.6. The highest BCUT2D eigenvalue weighted by Crippen LogP contribution is 2.32. The second-order valence-electron chi connectivity index (χ2n) is 8.84. The van der Waals surface area contributed by atoms with Gasteiger partial charge in [-0.2, -0.15) is 5.10 Å². The number of aliphatic hydroxyl groups excluding tert-OH is 1. The average Bonchev–Trinajstić information content (AvgIpc) is 3.30. The van der Waals surface area contributed by atoms with E-state index >= 15 is 0 Å². The molecule has 200 valence electrons. The Labute approximate surface area is 223 Å². The van der Waals surface area contributed by atoms with Gasteiger partial charge in [0.25, 0.3) is 0 Å². The number of nitrogens with zero attached hydrogens (tertiary/aromatic N) is 5. The highest BCUT2D eigenvalue weighted by atomic mass is 19.1. The monoisotopic (exact) mass is 532 g/mol. The predicted octanol–water partition coefficient (Wildman–Crippen LogP) is 4.95. The van der Waals surface area contributed by atoms with Crippen molar-refractivity contribution in [2.45, 2.75) is 20.4 Å². The number of aliphatic hydroxyl groups is 1. The minimum absolute atomic E-state index is 0.0000949. The van der Waals surface area contributed by atoms with Crippen LogP contribution in [0.15, 0.2) is 54.9 Å². The van der Waals surface area contributed by atoms with Crippen LogP contribution < -0.4 is 14.8 Å². The molecule has 0 aliphatic rings. The maximum atomic E-state index is 14.9. The summed E-state index contributed by atoms with van der Waals surface area (Å²) in [7, 11) is 1.53. The number of pyridine rings is 1. The fraction of sp³-hybridized carbons (Fsp3) is 0.214. The molecule has 3 heterocycles. The van der Waals surface area contributed by atoms with Crippen molar-refractivity contribution in [3.8, 4) is 23.0 Å². The zero-order valence-electron chi connectivity index (χ0n) is 21.6. The molecule has 0 spiro atoms. The van der Waals surface area contributed by atoms with Crippen molar-refractivity contribution < 1.29 is 23.4 Å². The Morgan fingerprint density at radius 1 is 1.03 bits per heavy atom. The molecule has 0 atom stereocenters. The molecule has 5 aromatic rings. The zero-order valence-corrected chi connectivity index (χ0v) is 21.6. The Bertz CT molecular complexity index is 1630. The van der Waals surface area contributed by atoms with Gasteiger partial charge in [0.05, 0.1) is 32.0 Å². The van der Waals surface area contributed by atoms with Crippen LogP contribution in [-0.4, -0.2) is 50.2 Å². The number of fused-ring (bicyclic) bond motifs is 1. The number of ether oxygens (including phenoxy) is 2. The van der Waals surface area contributed by atoms with Gasteiger partial charge >= 0.3 is 0 Å². The number of halogens is 2. The van der Waals surface area contributed by atoms with Crippen molar-refractivity contribution >= 4 is 22.4 Å². The summed E-state index contributed by atoms with van der Waals surface area (Å²) >= 11 is 0. The molecule has 5 rings (SSSR count). The van der Waals surface area contributed by atoms with Gasteiger partial charge in [-0.1, -0.05) is 18.2 Å². The molecule has 0 amide bonds. The van der Waals surface area contributed by atoms with E-state index in [-0.39, 0.29) is 31.1 Å². The fourth-order valence-electron chi connectivity index (χ4n) is 4.15. The van der Waals surface area contributed by atoms with Crippen molar-refractivity contribution in [3.63, 3.8) is 0 Å². The first-order valence-electron chi connectivity index (χ1n) is 12.2. The maximum Gasteiger partial charge on any atom is 0.183 e. The summed E-state index contributed by atoms with van der Waals surface area (Å²) in [6.07, 6.45) is 3.32. The van der Waals surface area contributed by atoms with Gasteiger partial charge in [-0.05, 0) is 31.5 Å². The lowest BCUT2D eigenvalue weighted by atomic mass is 10.1. The number of para-hydroxylation sites is 1. The van der Waals surface area contributed by atoms with Crippen molar-refractivity contribution in [1.82, 2.24) is 24.7 Å². The second kappa shape index (κ2) is 11.0. The summed E-state index contributed by atoms with van der Waals surface area (Å²) in [6, 6.07) is 11.4. The van der Waals surface area contributed by atoms with Crippen molar-refractivity contribution in [2.75, 3.05) is 25.6 Å². The van der Waals surface area contributed by atoms with Crippen LogP contribution in [0.3, 0.4) is 0 Å². The first-order valence-corrected chi connectivity index (χ1v) is 12.2. The summed E-state index contributed by atoms with van der Waals surface area (Å²) < 4.78 is 41.9. The number of methoxy groups -OCH3 is 1. The molecule has 0 fully saturated rings.